The minimum absolute atomic E-state index is 0.00165. The number of carboxylic acid groups (broad SMARTS) is 1. The molecule has 3 fully saturated rings. The van der Waals surface area contributed by atoms with Crippen LogP contribution in [0, 0.1) is 46.3 Å². The number of esters is 1. The summed E-state index contributed by atoms with van der Waals surface area (Å²) in [5.74, 6) is -1.66. The van der Waals surface area contributed by atoms with E-state index in [4.69, 9.17) is 4.74 Å². The Kier molecular flexibility index (Phi) is 8.53. The molecule has 8 unspecified atom stereocenters. The van der Waals surface area contributed by atoms with Crippen LogP contribution in [0.15, 0.2) is 0 Å². The van der Waals surface area contributed by atoms with E-state index in [2.05, 4.69) is 27.7 Å². The molecule has 0 bridgehead atoms. The van der Waals surface area contributed by atoms with Gasteiger partial charge in [0.2, 0.25) is 5.78 Å². The normalized spacial score (nSPS) is 38.1. The largest absolute Gasteiger partial charge is 0.475 e. The number of carbonyl (C=O) groups is 4. The molecule has 0 saturated heterocycles. The smallest absolute Gasteiger partial charge is 0.372 e. The molecule has 0 radical (unpaired) electrons. The molecule has 1 N–H and O–H groups in total. The Balaban J connectivity index is 1.84. The highest BCUT2D eigenvalue weighted by atomic mass is 16.5. The minimum atomic E-state index is -1.37. The van der Waals surface area contributed by atoms with Crippen LogP contribution < -0.4 is 0 Å². The van der Waals surface area contributed by atoms with Crippen LogP contribution in [0.5, 0.6) is 0 Å². The van der Waals surface area contributed by atoms with Gasteiger partial charge >= 0.3 is 11.9 Å². The summed E-state index contributed by atoms with van der Waals surface area (Å²) in [7, 11) is 0. The van der Waals surface area contributed by atoms with Gasteiger partial charge < -0.3 is 9.84 Å². The molecule has 3 rings (SSSR count). The van der Waals surface area contributed by atoms with E-state index < -0.39 is 35.2 Å². The first kappa shape index (κ1) is 27.9. The molecule has 8 atom stereocenters. The number of hydrogen-bond donors (Lipinski definition) is 1. The number of carbonyl (C=O) groups excluding carboxylic acids is 3. The maximum absolute atomic E-state index is 13.4. The summed E-state index contributed by atoms with van der Waals surface area (Å²) in [6.07, 6.45) is 7.93. The molecule has 3 aliphatic rings. The van der Waals surface area contributed by atoms with Crippen molar-refractivity contribution in [1.29, 1.82) is 0 Å². The van der Waals surface area contributed by atoms with Gasteiger partial charge in [-0.15, -0.1) is 0 Å². The van der Waals surface area contributed by atoms with E-state index >= 15 is 0 Å². The van der Waals surface area contributed by atoms with Crippen molar-refractivity contribution in [3.63, 3.8) is 0 Å². The van der Waals surface area contributed by atoms with Gasteiger partial charge in [-0.2, -0.15) is 0 Å². The standard InChI is InChI=1S/C29H46O6/c1-17(2)8-7-9-18(3)21-10-11-22-25(26(32)27(33)34)23(13-15-28(21,22)5)29(6)14-12-20(16-24(29)31)35-19(4)30/h17-18,20-23,25H,7-16H2,1-6H3,(H,33,34). The Hall–Kier alpha value is -1.72. The lowest BCUT2D eigenvalue weighted by Gasteiger charge is -2.54. The lowest BCUT2D eigenvalue weighted by atomic mass is 9.49. The number of hydrogen-bond acceptors (Lipinski definition) is 5. The van der Waals surface area contributed by atoms with Gasteiger partial charge in [-0.25, -0.2) is 4.79 Å². The van der Waals surface area contributed by atoms with Gasteiger partial charge in [0.1, 0.15) is 11.9 Å². The van der Waals surface area contributed by atoms with Crippen LogP contribution >= 0.6 is 0 Å². The van der Waals surface area contributed by atoms with Gasteiger partial charge in [0.15, 0.2) is 0 Å². The van der Waals surface area contributed by atoms with Gasteiger partial charge in [0.25, 0.3) is 0 Å². The third kappa shape index (κ3) is 5.51. The van der Waals surface area contributed by atoms with Crippen LogP contribution in [-0.2, 0) is 23.9 Å². The minimum Gasteiger partial charge on any atom is -0.475 e. The summed E-state index contributed by atoms with van der Waals surface area (Å²) in [6.45, 7) is 12.4. The summed E-state index contributed by atoms with van der Waals surface area (Å²) in [5.41, 5.74) is -0.827. The second-order valence-corrected chi connectivity index (χ2v) is 12.8. The van der Waals surface area contributed by atoms with Gasteiger partial charge in [-0.3, -0.25) is 14.4 Å². The number of ether oxygens (including phenoxy) is 1. The fourth-order valence-electron chi connectivity index (χ4n) is 8.26. The molecule has 0 aromatic carbocycles. The molecule has 0 amide bonds. The average molecular weight is 491 g/mol. The summed E-state index contributed by atoms with van der Waals surface area (Å²) in [4.78, 5) is 50.1. The molecule has 3 saturated carbocycles. The van der Waals surface area contributed by atoms with Gasteiger partial charge in [-0.1, -0.05) is 53.9 Å². The summed E-state index contributed by atoms with van der Waals surface area (Å²) < 4.78 is 5.31. The van der Waals surface area contributed by atoms with E-state index in [0.717, 1.165) is 19.3 Å². The van der Waals surface area contributed by atoms with Crippen molar-refractivity contribution < 1.29 is 29.0 Å². The molecule has 0 heterocycles. The second-order valence-electron chi connectivity index (χ2n) is 12.8. The maximum Gasteiger partial charge on any atom is 0.372 e. The van der Waals surface area contributed by atoms with E-state index in [1.54, 1.807) is 0 Å². The van der Waals surface area contributed by atoms with Crippen molar-refractivity contribution >= 4 is 23.5 Å². The van der Waals surface area contributed by atoms with Gasteiger partial charge in [-0.05, 0) is 73.5 Å². The third-order valence-electron chi connectivity index (χ3n) is 10.2. The van der Waals surface area contributed by atoms with Crippen molar-refractivity contribution in [3.8, 4) is 0 Å². The molecule has 6 nitrogen and oxygen atoms in total. The highest BCUT2D eigenvalue weighted by molar-refractivity contribution is 6.33. The van der Waals surface area contributed by atoms with Crippen LogP contribution in [0.3, 0.4) is 0 Å². The lowest BCUT2D eigenvalue weighted by molar-refractivity contribution is -0.164. The number of carboxylic acids is 1. The third-order valence-corrected chi connectivity index (χ3v) is 10.2. The summed E-state index contributed by atoms with van der Waals surface area (Å²) in [6, 6.07) is 0. The number of rotatable bonds is 9. The predicted octanol–water partition coefficient (Wildman–Crippen LogP) is 5.85. The zero-order valence-electron chi connectivity index (χ0n) is 22.6. The zero-order valence-corrected chi connectivity index (χ0v) is 22.6. The molecule has 0 aromatic heterocycles. The first-order valence-electron chi connectivity index (χ1n) is 13.8. The molecule has 0 spiro atoms. The van der Waals surface area contributed by atoms with Crippen molar-refractivity contribution in [3.05, 3.63) is 0 Å². The molecular weight excluding hydrogens is 444 g/mol. The van der Waals surface area contributed by atoms with E-state index in [9.17, 15) is 24.3 Å². The van der Waals surface area contributed by atoms with Gasteiger partial charge in [0, 0.05) is 24.7 Å². The molecule has 0 aromatic rings. The van der Waals surface area contributed by atoms with Crippen LogP contribution in [0.1, 0.15) is 106 Å². The Morgan fingerprint density at radius 2 is 1.69 bits per heavy atom. The van der Waals surface area contributed by atoms with E-state index in [1.807, 2.05) is 6.92 Å². The highest BCUT2D eigenvalue weighted by Gasteiger charge is 2.61. The van der Waals surface area contributed by atoms with Crippen LogP contribution in [-0.4, -0.2) is 34.7 Å². The number of aliphatic carboxylic acids is 1. The number of Topliss-reactive ketones (excluding diaryl/α,β-unsaturated/α-hetero) is 2. The lowest BCUT2D eigenvalue weighted by Crippen LogP contribution is -2.54. The number of ketones is 2. The fraction of sp³-hybridized carbons (Fsp3) is 0.862. The van der Waals surface area contributed by atoms with Crippen molar-refractivity contribution in [1.82, 2.24) is 0 Å². The maximum atomic E-state index is 13.4. The van der Waals surface area contributed by atoms with Crippen molar-refractivity contribution in [2.75, 3.05) is 0 Å². The topological polar surface area (TPSA) is 97.7 Å². The van der Waals surface area contributed by atoms with Crippen molar-refractivity contribution in [2.45, 2.75) is 112 Å². The van der Waals surface area contributed by atoms with E-state index in [1.165, 1.54) is 26.2 Å². The first-order chi connectivity index (χ1) is 16.3. The van der Waals surface area contributed by atoms with Gasteiger partial charge in [0.05, 0.1) is 0 Å². The molecule has 6 heteroatoms. The monoisotopic (exact) mass is 490 g/mol. The quantitative estimate of drug-likeness (QED) is 0.321. The number of fused-ring (bicyclic) bond motifs is 1. The molecule has 0 aliphatic heterocycles. The van der Waals surface area contributed by atoms with Crippen LogP contribution in [0.25, 0.3) is 0 Å². The van der Waals surface area contributed by atoms with Crippen LogP contribution in [0.4, 0.5) is 0 Å². The first-order valence-corrected chi connectivity index (χ1v) is 13.8. The average Bonchev–Trinajstić information content (AvgIpc) is 3.11. The van der Waals surface area contributed by atoms with Crippen molar-refractivity contribution in [2.24, 2.45) is 46.3 Å². The fourth-order valence-corrected chi connectivity index (χ4v) is 8.26. The summed E-state index contributed by atoms with van der Waals surface area (Å²) >= 11 is 0. The molecule has 198 valence electrons. The van der Waals surface area contributed by atoms with Crippen LogP contribution in [0.2, 0.25) is 0 Å². The Labute approximate surface area is 210 Å². The SMILES string of the molecule is CC(=O)OC1CCC(C)(C2CCC3(C)C(C(C)CCCC(C)C)CCC3C2C(=O)C(=O)O)C(=O)C1. The summed E-state index contributed by atoms with van der Waals surface area (Å²) in [5, 5.41) is 9.80. The van der Waals surface area contributed by atoms with E-state index in [-0.39, 0.29) is 29.5 Å². The van der Waals surface area contributed by atoms with E-state index in [0.29, 0.717) is 37.0 Å². The Bertz CT molecular complexity index is 833. The Morgan fingerprint density at radius 1 is 1.00 bits per heavy atom. The zero-order chi connectivity index (χ0) is 26.1. The second kappa shape index (κ2) is 10.7. The molecule has 35 heavy (non-hydrogen) atoms. The molecule has 3 aliphatic carbocycles. The predicted molar refractivity (Wildman–Crippen MR) is 134 cm³/mol. The highest BCUT2D eigenvalue weighted by Crippen LogP contribution is 2.64. The Morgan fingerprint density at radius 3 is 2.26 bits per heavy atom. The molecular formula is C29H46O6.